The van der Waals surface area contributed by atoms with Gasteiger partial charge in [0.2, 0.25) is 5.91 Å². The lowest BCUT2D eigenvalue weighted by molar-refractivity contribution is -0.127. The highest BCUT2D eigenvalue weighted by Crippen LogP contribution is 2.26. The molecule has 0 bridgehead atoms. The van der Waals surface area contributed by atoms with E-state index in [1.165, 1.54) is 0 Å². The van der Waals surface area contributed by atoms with E-state index in [0.29, 0.717) is 6.54 Å². The number of ether oxygens (including phenoxy) is 1. The Morgan fingerprint density at radius 2 is 2.22 bits per heavy atom. The van der Waals surface area contributed by atoms with Crippen LogP contribution in [0.1, 0.15) is 45.4 Å². The molecule has 3 unspecified atom stereocenters. The smallest absolute Gasteiger partial charge is 0.223 e. The predicted molar refractivity (Wildman–Crippen MR) is 73.8 cm³/mol. The van der Waals surface area contributed by atoms with Crippen molar-refractivity contribution in [3.63, 3.8) is 0 Å². The average Bonchev–Trinajstić information content (AvgIpc) is 2.74. The second-order valence-corrected chi connectivity index (χ2v) is 5.74. The van der Waals surface area contributed by atoms with Crippen LogP contribution in [0.25, 0.3) is 0 Å². The molecular weight excluding hydrogens is 252 g/mol. The molecule has 4 nitrogen and oxygen atoms in total. The Morgan fingerprint density at radius 3 is 2.83 bits per heavy atom. The molecule has 0 radical (unpaired) electrons. The van der Waals surface area contributed by atoms with Crippen LogP contribution in [0.3, 0.4) is 0 Å². The molecule has 2 aliphatic rings. The Labute approximate surface area is 115 Å². The monoisotopic (exact) mass is 276 g/mol. The van der Waals surface area contributed by atoms with E-state index in [0.717, 1.165) is 45.1 Å². The number of hydrogen-bond acceptors (Lipinski definition) is 3. The Kier molecular flexibility index (Phi) is 5.89. The third-order valence-corrected chi connectivity index (χ3v) is 4.02. The first-order chi connectivity index (χ1) is 8.09. The van der Waals surface area contributed by atoms with E-state index in [4.69, 9.17) is 10.5 Å². The van der Waals surface area contributed by atoms with E-state index in [1.807, 2.05) is 0 Å². The standard InChI is InChI=1S/C13H24N2O2.ClH/c1-13(6-3-7-17-13)9-15-12(16)10-4-2-5-11(14)8-10;/h10-11H,2-9,14H2,1H3,(H,15,16);1H. The van der Waals surface area contributed by atoms with Gasteiger partial charge in [-0.15, -0.1) is 12.4 Å². The first kappa shape index (κ1) is 15.7. The molecule has 1 saturated heterocycles. The van der Waals surface area contributed by atoms with Crippen LogP contribution in [-0.2, 0) is 9.53 Å². The van der Waals surface area contributed by atoms with E-state index in [9.17, 15) is 4.79 Å². The van der Waals surface area contributed by atoms with Crippen LogP contribution >= 0.6 is 12.4 Å². The van der Waals surface area contributed by atoms with Crippen molar-refractivity contribution < 1.29 is 9.53 Å². The lowest BCUT2D eigenvalue weighted by Crippen LogP contribution is -2.44. The fourth-order valence-electron chi connectivity index (χ4n) is 2.86. The molecular formula is C13H25ClN2O2. The van der Waals surface area contributed by atoms with Crippen LogP contribution in [0.15, 0.2) is 0 Å². The van der Waals surface area contributed by atoms with Crippen LogP contribution < -0.4 is 11.1 Å². The summed E-state index contributed by atoms with van der Waals surface area (Å²) >= 11 is 0. The largest absolute Gasteiger partial charge is 0.373 e. The van der Waals surface area contributed by atoms with Gasteiger partial charge in [-0.2, -0.15) is 0 Å². The topological polar surface area (TPSA) is 64.4 Å². The molecule has 2 rings (SSSR count). The zero-order valence-electron chi connectivity index (χ0n) is 11.1. The number of carbonyl (C=O) groups is 1. The molecule has 2 fully saturated rings. The van der Waals surface area contributed by atoms with Gasteiger partial charge in [0.25, 0.3) is 0 Å². The summed E-state index contributed by atoms with van der Waals surface area (Å²) in [5.74, 6) is 0.278. The van der Waals surface area contributed by atoms with Crippen molar-refractivity contribution in [2.24, 2.45) is 11.7 Å². The van der Waals surface area contributed by atoms with Crippen LogP contribution in [0.2, 0.25) is 0 Å². The summed E-state index contributed by atoms with van der Waals surface area (Å²) in [4.78, 5) is 12.0. The summed E-state index contributed by atoms with van der Waals surface area (Å²) in [6, 6.07) is 0.206. The van der Waals surface area contributed by atoms with E-state index in [2.05, 4.69) is 12.2 Å². The summed E-state index contributed by atoms with van der Waals surface area (Å²) in [5, 5.41) is 3.04. The van der Waals surface area contributed by atoms with Crippen LogP contribution in [0.4, 0.5) is 0 Å². The first-order valence-electron chi connectivity index (χ1n) is 6.76. The number of nitrogens with one attached hydrogen (secondary N) is 1. The summed E-state index contributed by atoms with van der Waals surface area (Å²) in [6.07, 6.45) is 6.09. The van der Waals surface area contributed by atoms with Crippen LogP contribution in [0.5, 0.6) is 0 Å². The molecule has 0 aromatic heterocycles. The molecule has 1 heterocycles. The second kappa shape index (κ2) is 6.73. The molecule has 1 amide bonds. The molecule has 3 atom stereocenters. The number of amides is 1. The SMILES string of the molecule is CC1(CNC(=O)C2CCCC(N)C2)CCCO1.Cl. The van der Waals surface area contributed by atoms with Gasteiger partial charge in [0.1, 0.15) is 0 Å². The molecule has 0 aromatic rings. The second-order valence-electron chi connectivity index (χ2n) is 5.74. The van der Waals surface area contributed by atoms with Crippen molar-refractivity contribution in [2.75, 3.05) is 13.2 Å². The van der Waals surface area contributed by atoms with E-state index in [-0.39, 0.29) is 35.9 Å². The summed E-state index contributed by atoms with van der Waals surface area (Å²) in [6.45, 7) is 3.53. The third kappa shape index (κ3) is 4.11. The van der Waals surface area contributed by atoms with Crippen molar-refractivity contribution in [3.8, 4) is 0 Å². The van der Waals surface area contributed by atoms with Gasteiger partial charge in [-0.25, -0.2) is 0 Å². The third-order valence-electron chi connectivity index (χ3n) is 4.02. The van der Waals surface area contributed by atoms with Gasteiger partial charge in [-0.1, -0.05) is 6.42 Å². The zero-order chi connectivity index (χ0) is 12.3. The molecule has 0 aromatic carbocycles. The summed E-state index contributed by atoms with van der Waals surface area (Å²) in [7, 11) is 0. The van der Waals surface area contributed by atoms with Gasteiger partial charge in [0, 0.05) is 25.1 Å². The van der Waals surface area contributed by atoms with Crippen molar-refractivity contribution in [2.45, 2.75) is 57.1 Å². The Bertz CT molecular complexity index is 280. The molecule has 1 saturated carbocycles. The lowest BCUT2D eigenvalue weighted by Gasteiger charge is -2.28. The van der Waals surface area contributed by atoms with Crippen molar-refractivity contribution in [1.29, 1.82) is 0 Å². The maximum atomic E-state index is 12.0. The van der Waals surface area contributed by atoms with E-state index < -0.39 is 0 Å². The normalized spacial score (nSPS) is 35.9. The highest BCUT2D eigenvalue weighted by molar-refractivity contribution is 5.85. The predicted octanol–water partition coefficient (Wildman–Crippen LogP) is 1.61. The van der Waals surface area contributed by atoms with E-state index in [1.54, 1.807) is 0 Å². The van der Waals surface area contributed by atoms with Gasteiger partial charge in [0.05, 0.1) is 5.60 Å². The minimum absolute atomic E-state index is 0. The highest BCUT2D eigenvalue weighted by Gasteiger charge is 2.32. The Balaban J connectivity index is 0.00000162. The van der Waals surface area contributed by atoms with Gasteiger partial charge in [0.15, 0.2) is 0 Å². The molecule has 18 heavy (non-hydrogen) atoms. The number of halogens is 1. The van der Waals surface area contributed by atoms with Gasteiger partial charge in [-0.05, 0) is 39.0 Å². The minimum Gasteiger partial charge on any atom is -0.373 e. The van der Waals surface area contributed by atoms with Crippen molar-refractivity contribution >= 4 is 18.3 Å². The zero-order valence-corrected chi connectivity index (χ0v) is 11.9. The maximum Gasteiger partial charge on any atom is 0.223 e. The number of carbonyl (C=O) groups excluding carboxylic acids is 1. The quantitative estimate of drug-likeness (QED) is 0.823. The van der Waals surface area contributed by atoms with Crippen molar-refractivity contribution in [3.05, 3.63) is 0 Å². The highest BCUT2D eigenvalue weighted by atomic mass is 35.5. The molecule has 0 spiro atoms. The average molecular weight is 277 g/mol. The van der Waals surface area contributed by atoms with Gasteiger partial charge >= 0.3 is 0 Å². The van der Waals surface area contributed by atoms with Crippen molar-refractivity contribution in [1.82, 2.24) is 5.32 Å². The molecule has 106 valence electrons. The molecule has 1 aliphatic heterocycles. The van der Waals surface area contributed by atoms with E-state index >= 15 is 0 Å². The number of nitrogens with two attached hydrogens (primary N) is 1. The lowest BCUT2D eigenvalue weighted by atomic mass is 9.85. The summed E-state index contributed by atoms with van der Waals surface area (Å²) in [5.41, 5.74) is 5.76. The van der Waals surface area contributed by atoms with Crippen LogP contribution in [0, 0.1) is 5.92 Å². The fourth-order valence-corrected chi connectivity index (χ4v) is 2.86. The molecule has 1 aliphatic carbocycles. The minimum atomic E-state index is -0.146. The Morgan fingerprint density at radius 1 is 1.44 bits per heavy atom. The van der Waals surface area contributed by atoms with Gasteiger partial charge < -0.3 is 15.8 Å². The Hall–Kier alpha value is -0.320. The molecule has 5 heteroatoms. The number of hydrogen-bond donors (Lipinski definition) is 2. The molecule has 3 N–H and O–H groups in total. The number of rotatable bonds is 3. The maximum absolute atomic E-state index is 12.0. The van der Waals surface area contributed by atoms with Gasteiger partial charge in [-0.3, -0.25) is 4.79 Å². The first-order valence-corrected chi connectivity index (χ1v) is 6.76. The summed E-state index contributed by atoms with van der Waals surface area (Å²) < 4.78 is 5.66. The van der Waals surface area contributed by atoms with Crippen LogP contribution in [-0.4, -0.2) is 30.7 Å². The fraction of sp³-hybridized carbons (Fsp3) is 0.923.